The van der Waals surface area contributed by atoms with E-state index in [1.165, 1.54) is 0 Å². The van der Waals surface area contributed by atoms with Crippen LogP contribution in [-0.2, 0) is 6.54 Å². The molecule has 6 nitrogen and oxygen atoms in total. The minimum absolute atomic E-state index is 0.154. The first-order chi connectivity index (χ1) is 10.2. The minimum atomic E-state index is -0.246. The molecule has 0 fully saturated rings. The zero-order valence-corrected chi connectivity index (χ0v) is 12.0. The molecule has 0 aliphatic heterocycles. The van der Waals surface area contributed by atoms with Gasteiger partial charge in [0.1, 0.15) is 0 Å². The van der Waals surface area contributed by atoms with Gasteiger partial charge < -0.3 is 15.4 Å². The molecule has 0 spiro atoms. The molecule has 1 atom stereocenters. The maximum Gasteiger partial charge on any atom is 0.315 e. The van der Waals surface area contributed by atoms with Crippen molar-refractivity contribution in [3.8, 4) is 5.88 Å². The molecule has 2 amide bonds. The fraction of sp³-hybridized carbons (Fsp3) is 0.267. The van der Waals surface area contributed by atoms with E-state index in [1.807, 2.05) is 31.2 Å². The molecule has 2 rings (SSSR count). The fourth-order valence-electron chi connectivity index (χ4n) is 1.81. The topological polar surface area (TPSA) is 76.1 Å². The number of aromatic nitrogens is 2. The Kier molecular flexibility index (Phi) is 5.09. The van der Waals surface area contributed by atoms with E-state index in [1.54, 1.807) is 25.6 Å². The van der Waals surface area contributed by atoms with Crippen LogP contribution in [0.1, 0.15) is 24.2 Å². The van der Waals surface area contributed by atoms with E-state index in [9.17, 15) is 4.79 Å². The summed E-state index contributed by atoms with van der Waals surface area (Å²) in [7, 11) is 1.56. The van der Waals surface area contributed by atoms with Crippen molar-refractivity contribution < 1.29 is 9.53 Å². The molecule has 0 aromatic carbocycles. The number of carbonyl (C=O) groups excluding carboxylic acids is 1. The summed E-state index contributed by atoms with van der Waals surface area (Å²) in [6.07, 6.45) is 3.35. The van der Waals surface area contributed by atoms with Crippen LogP contribution in [0.2, 0.25) is 0 Å². The maximum absolute atomic E-state index is 11.9. The predicted octanol–water partition coefficient (Wildman–Crippen LogP) is 2.05. The van der Waals surface area contributed by atoms with Gasteiger partial charge in [-0.05, 0) is 30.7 Å². The number of nitrogens with one attached hydrogen (secondary N) is 2. The summed E-state index contributed by atoms with van der Waals surface area (Å²) in [4.78, 5) is 20.1. The van der Waals surface area contributed by atoms with Crippen molar-refractivity contribution in [3.63, 3.8) is 0 Å². The van der Waals surface area contributed by atoms with Crippen LogP contribution in [0.5, 0.6) is 5.88 Å². The summed E-state index contributed by atoms with van der Waals surface area (Å²) in [5, 5.41) is 5.63. The molecule has 2 N–H and O–H groups in total. The molecule has 0 bridgehead atoms. The van der Waals surface area contributed by atoms with Crippen molar-refractivity contribution >= 4 is 6.03 Å². The Morgan fingerprint density at radius 1 is 1.29 bits per heavy atom. The molecule has 0 aliphatic rings. The molecule has 2 aromatic heterocycles. The first-order valence-corrected chi connectivity index (χ1v) is 6.63. The number of rotatable bonds is 5. The number of ether oxygens (including phenoxy) is 1. The highest BCUT2D eigenvalue weighted by Crippen LogP contribution is 2.09. The molecular weight excluding hydrogens is 268 g/mol. The molecular formula is C15H18N4O2. The molecule has 21 heavy (non-hydrogen) atoms. The number of pyridine rings is 2. The van der Waals surface area contributed by atoms with E-state index in [4.69, 9.17) is 4.74 Å². The molecule has 0 unspecified atom stereocenters. The summed E-state index contributed by atoms with van der Waals surface area (Å²) >= 11 is 0. The van der Waals surface area contributed by atoms with Crippen LogP contribution in [-0.4, -0.2) is 23.1 Å². The molecule has 6 heteroatoms. The first-order valence-electron chi connectivity index (χ1n) is 6.63. The summed E-state index contributed by atoms with van der Waals surface area (Å²) in [5.41, 5.74) is 1.74. The third kappa shape index (κ3) is 4.45. The Labute approximate surface area is 123 Å². The van der Waals surface area contributed by atoms with Crippen LogP contribution in [0.4, 0.5) is 4.79 Å². The van der Waals surface area contributed by atoms with Gasteiger partial charge in [0.2, 0.25) is 5.88 Å². The lowest BCUT2D eigenvalue weighted by Gasteiger charge is -2.14. The van der Waals surface area contributed by atoms with Gasteiger partial charge in [-0.15, -0.1) is 0 Å². The van der Waals surface area contributed by atoms with Gasteiger partial charge >= 0.3 is 6.03 Å². The molecule has 2 aromatic rings. The van der Waals surface area contributed by atoms with E-state index in [-0.39, 0.29) is 12.1 Å². The summed E-state index contributed by atoms with van der Waals surface area (Å²) in [6.45, 7) is 2.29. The summed E-state index contributed by atoms with van der Waals surface area (Å²) < 4.78 is 5.04. The van der Waals surface area contributed by atoms with Crippen molar-refractivity contribution in [3.05, 3.63) is 54.0 Å². The quantitative estimate of drug-likeness (QED) is 0.882. The van der Waals surface area contributed by atoms with Gasteiger partial charge in [-0.2, -0.15) is 0 Å². The van der Waals surface area contributed by atoms with Gasteiger partial charge in [0.25, 0.3) is 0 Å². The summed E-state index contributed by atoms with van der Waals surface area (Å²) in [5.74, 6) is 0.525. The van der Waals surface area contributed by atoms with Gasteiger partial charge in [-0.25, -0.2) is 9.78 Å². The minimum Gasteiger partial charge on any atom is -0.481 e. The second-order valence-corrected chi connectivity index (χ2v) is 4.51. The number of hydrogen-bond donors (Lipinski definition) is 2. The van der Waals surface area contributed by atoms with Gasteiger partial charge in [-0.1, -0.05) is 6.07 Å². The van der Waals surface area contributed by atoms with Crippen molar-refractivity contribution in [1.29, 1.82) is 0 Å². The lowest BCUT2D eigenvalue weighted by molar-refractivity contribution is 0.237. The van der Waals surface area contributed by atoms with Gasteiger partial charge in [0.05, 0.1) is 18.8 Å². The van der Waals surface area contributed by atoms with Crippen LogP contribution < -0.4 is 15.4 Å². The van der Waals surface area contributed by atoms with E-state index in [0.717, 1.165) is 11.3 Å². The van der Waals surface area contributed by atoms with Crippen LogP contribution in [0.3, 0.4) is 0 Å². The highest BCUT2D eigenvalue weighted by Gasteiger charge is 2.09. The highest BCUT2D eigenvalue weighted by atomic mass is 16.5. The van der Waals surface area contributed by atoms with Gasteiger partial charge in [0, 0.05) is 25.0 Å². The number of hydrogen-bond acceptors (Lipinski definition) is 4. The molecule has 0 saturated carbocycles. The van der Waals surface area contributed by atoms with Crippen LogP contribution >= 0.6 is 0 Å². The van der Waals surface area contributed by atoms with Gasteiger partial charge in [-0.3, -0.25) is 4.98 Å². The average molecular weight is 286 g/mol. The van der Waals surface area contributed by atoms with E-state index in [0.29, 0.717) is 12.4 Å². The lowest BCUT2D eigenvalue weighted by Crippen LogP contribution is -2.36. The number of urea groups is 1. The molecule has 2 heterocycles. The van der Waals surface area contributed by atoms with Crippen molar-refractivity contribution in [2.24, 2.45) is 0 Å². The van der Waals surface area contributed by atoms with Crippen molar-refractivity contribution in [1.82, 2.24) is 20.6 Å². The Hall–Kier alpha value is -2.63. The maximum atomic E-state index is 11.9. The zero-order valence-electron chi connectivity index (χ0n) is 12.0. The summed E-state index contributed by atoms with van der Waals surface area (Å²) in [6, 6.07) is 8.81. The van der Waals surface area contributed by atoms with E-state index < -0.39 is 0 Å². The average Bonchev–Trinajstić information content (AvgIpc) is 2.54. The van der Waals surface area contributed by atoms with Crippen LogP contribution in [0.15, 0.2) is 42.7 Å². The second kappa shape index (κ2) is 7.23. The van der Waals surface area contributed by atoms with Crippen molar-refractivity contribution in [2.75, 3.05) is 7.11 Å². The van der Waals surface area contributed by atoms with E-state index in [2.05, 4.69) is 20.6 Å². The Bertz CT molecular complexity index is 589. The monoisotopic (exact) mass is 286 g/mol. The second-order valence-electron chi connectivity index (χ2n) is 4.51. The number of nitrogens with zero attached hydrogens (tertiary/aromatic N) is 2. The molecule has 110 valence electrons. The Morgan fingerprint density at radius 2 is 2.14 bits per heavy atom. The van der Waals surface area contributed by atoms with E-state index >= 15 is 0 Å². The largest absolute Gasteiger partial charge is 0.481 e. The highest BCUT2D eigenvalue weighted by molar-refractivity contribution is 5.74. The number of methoxy groups -OCH3 is 1. The van der Waals surface area contributed by atoms with Crippen molar-refractivity contribution in [2.45, 2.75) is 19.5 Å². The van der Waals surface area contributed by atoms with Crippen LogP contribution in [0.25, 0.3) is 0 Å². The van der Waals surface area contributed by atoms with Gasteiger partial charge in [0.15, 0.2) is 0 Å². The predicted molar refractivity (Wildman–Crippen MR) is 78.8 cm³/mol. The third-order valence-electron chi connectivity index (χ3n) is 2.94. The SMILES string of the molecule is COc1cc(CNC(=O)N[C@H](C)c2ccccn2)ccn1. The van der Waals surface area contributed by atoms with Crippen LogP contribution in [0, 0.1) is 0 Å². The lowest BCUT2D eigenvalue weighted by atomic mass is 10.2. The smallest absolute Gasteiger partial charge is 0.315 e. The Morgan fingerprint density at radius 3 is 2.86 bits per heavy atom. The Balaban J connectivity index is 1.84. The standard InChI is InChI=1S/C15H18N4O2/c1-11(13-5-3-4-7-16-13)19-15(20)18-10-12-6-8-17-14(9-12)21-2/h3-9,11H,10H2,1-2H3,(H2,18,19,20)/t11-/m1/s1. The molecule has 0 saturated heterocycles. The normalized spacial score (nSPS) is 11.5. The first kappa shape index (κ1) is 14.8. The third-order valence-corrected chi connectivity index (χ3v) is 2.94. The fourth-order valence-corrected chi connectivity index (χ4v) is 1.81. The zero-order chi connectivity index (χ0) is 15.1. The number of carbonyl (C=O) groups is 1. The molecule has 0 aliphatic carbocycles. The molecule has 0 radical (unpaired) electrons. The number of amides is 2.